The first-order valence-electron chi connectivity index (χ1n) is 16.7. The van der Waals surface area contributed by atoms with Crippen LogP contribution in [0.4, 0.5) is 10.5 Å². The Morgan fingerprint density at radius 3 is 2.31 bits per heavy atom. The number of amides is 1. The van der Waals surface area contributed by atoms with E-state index in [1.165, 1.54) is 24.1 Å². The molecule has 2 aliphatic heterocycles. The van der Waals surface area contributed by atoms with E-state index in [-0.39, 0.29) is 30.3 Å². The van der Waals surface area contributed by atoms with Gasteiger partial charge in [0.15, 0.2) is 0 Å². The minimum Gasteiger partial charge on any atom is -0.480 e. The number of nitro groups is 1. The molecule has 3 unspecified atom stereocenters. The molecule has 0 radical (unpaired) electrons. The van der Waals surface area contributed by atoms with Crippen LogP contribution in [0, 0.1) is 22.0 Å². The Hall–Kier alpha value is -3.50. The van der Waals surface area contributed by atoms with Gasteiger partial charge in [0.05, 0.1) is 4.92 Å². The number of ether oxygens (including phenoxy) is 1. The van der Waals surface area contributed by atoms with Gasteiger partial charge in [0.25, 0.3) is 5.69 Å². The highest BCUT2D eigenvalue weighted by Crippen LogP contribution is 2.38. The molecule has 0 bridgehead atoms. The highest BCUT2D eigenvalue weighted by atomic mass is 16.6. The summed E-state index contributed by atoms with van der Waals surface area (Å²) < 4.78 is 5.65. The second kappa shape index (κ2) is 15.7. The smallest absolute Gasteiger partial charge is 0.410 e. The first-order chi connectivity index (χ1) is 21.8. The van der Waals surface area contributed by atoms with E-state index in [0.717, 1.165) is 77.7 Å². The Bertz CT molecular complexity index is 1260. The van der Waals surface area contributed by atoms with Gasteiger partial charge in [-0.05, 0) is 67.2 Å². The SMILES string of the molecule is CCCN(C(=O)OCc1ccc([N+](=O)[O-])cc1)C1CCN(CC2CN(C(C(=O)O)C3CCCCC3)CC2c2ccccc2)CC1. The molecule has 244 valence electrons. The maximum absolute atomic E-state index is 13.2. The van der Waals surface area contributed by atoms with Crippen molar-refractivity contribution in [1.29, 1.82) is 0 Å². The number of non-ortho nitro benzene ring substituents is 1. The zero-order valence-electron chi connectivity index (χ0n) is 26.5. The van der Waals surface area contributed by atoms with Crippen molar-refractivity contribution in [2.75, 3.05) is 39.3 Å². The van der Waals surface area contributed by atoms with Crippen LogP contribution in [-0.4, -0.2) is 88.1 Å². The average Bonchev–Trinajstić information content (AvgIpc) is 3.46. The highest BCUT2D eigenvalue weighted by molar-refractivity contribution is 5.74. The van der Waals surface area contributed by atoms with Crippen LogP contribution in [-0.2, 0) is 16.1 Å². The molecule has 0 spiro atoms. The van der Waals surface area contributed by atoms with Gasteiger partial charge in [0.2, 0.25) is 0 Å². The standard InChI is InChI=1S/C35H48N4O6/c1-2-19-38(35(42)45-25-26-13-15-31(16-14-26)39(43)44)30-17-20-36(21-18-30)22-29-23-37(24-32(29)27-9-5-3-6-10-27)33(34(40)41)28-11-7-4-8-12-28/h3,5-6,9-10,13-16,28-30,32-33H,2,4,7-8,11-12,17-25H2,1H3,(H,40,41). The number of nitrogens with zero attached hydrogens (tertiary/aromatic N) is 4. The molecule has 3 aliphatic rings. The summed E-state index contributed by atoms with van der Waals surface area (Å²) in [6.07, 6.45) is 7.68. The number of aliphatic carboxylic acids is 1. The van der Waals surface area contributed by atoms with Crippen LogP contribution < -0.4 is 0 Å². The van der Waals surface area contributed by atoms with Crippen molar-refractivity contribution < 1.29 is 24.4 Å². The fourth-order valence-corrected chi connectivity index (χ4v) is 7.85. The molecule has 10 heteroatoms. The van der Waals surface area contributed by atoms with E-state index in [9.17, 15) is 24.8 Å². The van der Waals surface area contributed by atoms with Gasteiger partial charge in [0.1, 0.15) is 12.6 Å². The molecule has 3 fully saturated rings. The number of carboxylic acid groups (broad SMARTS) is 1. The van der Waals surface area contributed by atoms with Crippen molar-refractivity contribution in [2.24, 2.45) is 11.8 Å². The number of hydrogen-bond donors (Lipinski definition) is 1. The van der Waals surface area contributed by atoms with Crippen LogP contribution in [0.1, 0.15) is 75.3 Å². The predicted molar refractivity (Wildman–Crippen MR) is 172 cm³/mol. The highest BCUT2D eigenvalue weighted by Gasteiger charge is 2.43. The Morgan fingerprint density at radius 1 is 1.00 bits per heavy atom. The molecule has 10 nitrogen and oxygen atoms in total. The lowest BCUT2D eigenvalue weighted by atomic mass is 9.83. The molecular formula is C35H48N4O6. The predicted octanol–water partition coefficient (Wildman–Crippen LogP) is 6.16. The second-order valence-electron chi connectivity index (χ2n) is 13.1. The van der Waals surface area contributed by atoms with Gasteiger partial charge < -0.3 is 19.6 Å². The van der Waals surface area contributed by atoms with E-state index >= 15 is 0 Å². The molecule has 1 saturated carbocycles. The van der Waals surface area contributed by atoms with Crippen LogP contribution in [0.2, 0.25) is 0 Å². The van der Waals surface area contributed by atoms with E-state index in [1.807, 2.05) is 11.0 Å². The lowest BCUT2D eigenvalue weighted by Crippen LogP contribution is -2.49. The number of carbonyl (C=O) groups is 2. The summed E-state index contributed by atoms with van der Waals surface area (Å²) in [5.41, 5.74) is 2.01. The van der Waals surface area contributed by atoms with E-state index in [1.54, 1.807) is 12.1 Å². The maximum Gasteiger partial charge on any atom is 0.410 e. The largest absolute Gasteiger partial charge is 0.480 e. The molecule has 5 rings (SSSR count). The normalized spacial score (nSPS) is 22.6. The minimum absolute atomic E-state index is 0.00997. The van der Waals surface area contributed by atoms with Crippen molar-refractivity contribution in [3.05, 3.63) is 75.8 Å². The van der Waals surface area contributed by atoms with Crippen molar-refractivity contribution in [3.8, 4) is 0 Å². The first kappa shape index (κ1) is 32.9. The zero-order valence-corrected chi connectivity index (χ0v) is 26.5. The lowest BCUT2D eigenvalue weighted by molar-refractivity contribution is -0.384. The zero-order chi connectivity index (χ0) is 31.8. The average molecular weight is 621 g/mol. The summed E-state index contributed by atoms with van der Waals surface area (Å²) in [7, 11) is 0. The molecule has 1 amide bonds. The first-order valence-corrected chi connectivity index (χ1v) is 16.7. The van der Waals surface area contributed by atoms with E-state index in [4.69, 9.17) is 4.74 Å². The van der Waals surface area contributed by atoms with E-state index in [2.05, 4.69) is 41.0 Å². The topological polar surface area (TPSA) is 116 Å². The third-order valence-corrected chi connectivity index (χ3v) is 10.1. The van der Waals surface area contributed by atoms with Crippen LogP contribution in [0.25, 0.3) is 0 Å². The lowest BCUT2D eigenvalue weighted by Gasteiger charge is -2.39. The Balaban J connectivity index is 1.19. The number of nitro benzene ring substituents is 1. The molecule has 0 aromatic heterocycles. The van der Waals surface area contributed by atoms with Gasteiger partial charge in [-0.2, -0.15) is 0 Å². The number of benzene rings is 2. The van der Waals surface area contributed by atoms with Gasteiger partial charge >= 0.3 is 12.1 Å². The second-order valence-corrected chi connectivity index (χ2v) is 13.1. The minimum atomic E-state index is -0.674. The summed E-state index contributed by atoms with van der Waals surface area (Å²) >= 11 is 0. The molecule has 1 N–H and O–H groups in total. The summed E-state index contributed by atoms with van der Waals surface area (Å²) in [5, 5.41) is 21.3. The molecule has 2 heterocycles. The van der Waals surface area contributed by atoms with Crippen molar-refractivity contribution in [2.45, 2.75) is 82.9 Å². The van der Waals surface area contributed by atoms with Crippen LogP contribution in [0.3, 0.4) is 0 Å². The number of carboxylic acids is 1. The Kier molecular flexibility index (Phi) is 11.5. The number of hydrogen-bond acceptors (Lipinski definition) is 7. The number of carbonyl (C=O) groups excluding carboxylic acids is 1. The molecule has 2 aromatic rings. The van der Waals surface area contributed by atoms with Crippen molar-refractivity contribution in [3.63, 3.8) is 0 Å². The molecule has 45 heavy (non-hydrogen) atoms. The van der Waals surface area contributed by atoms with Crippen molar-refractivity contribution in [1.82, 2.24) is 14.7 Å². The molecule has 3 atom stereocenters. The van der Waals surface area contributed by atoms with Gasteiger partial charge in [-0.1, -0.05) is 56.5 Å². The summed E-state index contributed by atoms with van der Waals surface area (Å²) in [4.78, 5) is 42.9. The number of likely N-dealkylation sites (tertiary alicyclic amines) is 2. The van der Waals surface area contributed by atoms with Crippen LogP contribution in [0.5, 0.6) is 0 Å². The number of piperidine rings is 1. The molecule has 1 aliphatic carbocycles. The number of rotatable bonds is 12. The van der Waals surface area contributed by atoms with Gasteiger partial charge in [-0.25, -0.2) is 4.79 Å². The van der Waals surface area contributed by atoms with E-state index < -0.39 is 16.9 Å². The summed E-state index contributed by atoms with van der Waals surface area (Å²) in [6, 6.07) is 16.4. The van der Waals surface area contributed by atoms with Crippen LogP contribution >= 0.6 is 0 Å². The van der Waals surface area contributed by atoms with Crippen LogP contribution in [0.15, 0.2) is 54.6 Å². The van der Waals surface area contributed by atoms with Gasteiger partial charge in [-0.15, -0.1) is 0 Å². The third-order valence-electron chi connectivity index (χ3n) is 10.1. The Morgan fingerprint density at radius 2 is 1.69 bits per heavy atom. The maximum atomic E-state index is 13.2. The van der Waals surface area contributed by atoms with Crippen molar-refractivity contribution >= 4 is 17.7 Å². The molecule has 2 saturated heterocycles. The quantitative estimate of drug-likeness (QED) is 0.222. The fourth-order valence-electron chi connectivity index (χ4n) is 7.85. The monoisotopic (exact) mass is 620 g/mol. The molecule has 2 aromatic carbocycles. The van der Waals surface area contributed by atoms with Gasteiger partial charge in [-0.3, -0.25) is 19.8 Å². The fraction of sp³-hybridized carbons (Fsp3) is 0.600. The summed E-state index contributed by atoms with van der Waals surface area (Å²) in [6.45, 7) is 7.00. The van der Waals surface area contributed by atoms with Gasteiger partial charge in [0, 0.05) is 63.4 Å². The van der Waals surface area contributed by atoms with E-state index in [0.29, 0.717) is 23.9 Å². The molecular weight excluding hydrogens is 572 g/mol. The Labute approximate surface area is 266 Å². The third kappa shape index (κ3) is 8.41. The summed E-state index contributed by atoms with van der Waals surface area (Å²) in [5.74, 6) is 0.187.